The lowest BCUT2D eigenvalue weighted by molar-refractivity contribution is 0.0281. The highest BCUT2D eigenvalue weighted by Crippen LogP contribution is 2.38. The third kappa shape index (κ3) is 2.33. The van der Waals surface area contributed by atoms with Gasteiger partial charge in [-0.05, 0) is 48.6 Å². The first-order valence-electron chi connectivity index (χ1n) is 7.74. The maximum atomic E-state index is 12.2. The Labute approximate surface area is 129 Å². The highest BCUT2D eigenvalue weighted by Gasteiger charge is 2.31. The van der Waals surface area contributed by atoms with Gasteiger partial charge in [-0.2, -0.15) is 0 Å². The van der Waals surface area contributed by atoms with Crippen LogP contribution in [-0.2, 0) is 4.74 Å². The van der Waals surface area contributed by atoms with Gasteiger partial charge in [0.2, 0.25) is 0 Å². The van der Waals surface area contributed by atoms with Crippen molar-refractivity contribution < 1.29 is 9.53 Å². The lowest BCUT2D eigenvalue weighted by Gasteiger charge is -2.25. The number of esters is 1. The number of hydrogen-bond donors (Lipinski definition) is 0. The molecule has 0 spiro atoms. The van der Waals surface area contributed by atoms with Gasteiger partial charge in [-0.3, -0.25) is 4.99 Å². The number of carbonyl (C=O) groups excluding carboxylic acids is 1. The molecular weight excluding hydrogens is 274 g/mol. The maximum absolute atomic E-state index is 12.2. The van der Waals surface area contributed by atoms with Crippen LogP contribution in [0.25, 0.3) is 0 Å². The number of carbonyl (C=O) groups is 1. The molecule has 3 aliphatic rings. The van der Waals surface area contributed by atoms with E-state index in [0.29, 0.717) is 5.56 Å². The van der Waals surface area contributed by atoms with Gasteiger partial charge in [0.1, 0.15) is 6.10 Å². The van der Waals surface area contributed by atoms with E-state index in [1.54, 1.807) is 12.1 Å². The molecule has 1 unspecified atom stereocenters. The number of aliphatic imine (C=N–C) groups is 1. The molecule has 0 bridgehead atoms. The number of nitrogens with zero attached hydrogens (tertiary/aromatic N) is 1. The van der Waals surface area contributed by atoms with Crippen LogP contribution >= 0.6 is 0 Å². The van der Waals surface area contributed by atoms with Crippen molar-refractivity contribution in [3.8, 4) is 0 Å². The van der Waals surface area contributed by atoms with Gasteiger partial charge in [-0.25, -0.2) is 4.79 Å². The first-order valence-corrected chi connectivity index (χ1v) is 7.74. The van der Waals surface area contributed by atoms with Crippen molar-refractivity contribution in [1.29, 1.82) is 0 Å². The Morgan fingerprint density at radius 2 is 2.05 bits per heavy atom. The number of rotatable bonds is 2. The van der Waals surface area contributed by atoms with Crippen LogP contribution in [0, 0.1) is 0 Å². The van der Waals surface area contributed by atoms with Crippen LogP contribution in [0.2, 0.25) is 0 Å². The second-order valence-corrected chi connectivity index (χ2v) is 5.84. The Kier molecular flexibility index (Phi) is 3.26. The minimum absolute atomic E-state index is 0.0422. The molecule has 2 aliphatic carbocycles. The average Bonchev–Trinajstić information content (AvgIpc) is 2.94. The van der Waals surface area contributed by atoms with Gasteiger partial charge in [0.25, 0.3) is 0 Å². The van der Waals surface area contributed by atoms with Crippen LogP contribution in [0.4, 0.5) is 0 Å². The highest BCUT2D eigenvalue weighted by atomic mass is 16.5. The van der Waals surface area contributed by atoms with E-state index < -0.39 is 0 Å². The van der Waals surface area contributed by atoms with Crippen molar-refractivity contribution in [1.82, 2.24) is 0 Å². The zero-order valence-corrected chi connectivity index (χ0v) is 12.3. The normalized spacial score (nSPS) is 22.6. The zero-order valence-electron chi connectivity index (χ0n) is 12.3. The average molecular weight is 291 g/mol. The van der Waals surface area contributed by atoms with E-state index in [1.807, 2.05) is 18.2 Å². The molecule has 1 aromatic rings. The van der Waals surface area contributed by atoms with Gasteiger partial charge in [0, 0.05) is 12.1 Å². The smallest absolute Gasteiger partial charge is 0.338 e. The largest absolute Gasteiger partial charge is 0.458 e. The van der Waals surface area contributed by atoms with Crippen molar-refractivity contribution in [2.75, 3.05) is 0 Å². The second-order valence-electron chi connectivity index (χ2n) is 5.84. The molecule has 1 aromatic carbocycles. The summed E-state index contributed by atoms with van der Waals surface area (Å²) in [6, 6.07) is 9.20. The van der Waals surface area contributed by atoms with Gasteiger partial charge >= 0.3 is 5.97 Å². The summed E-state index contributed by atoms with van der Waals surface area (Å²) in [7, 11) is 0. The Morgan fingerprint density at radius 1 is 1.18 bits per heavy atom. The van der Waals surface area contributed by atoms with Crippen molar-refractivity contribution >= 4 is 11.7 Å². The first kappa shape index (κ1) is 13.3. The number of hydrogen-bond acceptors (Lipinski definition) is 3. The van der Waals surface area contributed by atoms with Crippen LogP contribution in [-0.4, -0.2) is 17.8 Å². The van der Waals surface area contributed by atoms with E-state index in [-0.39, 0.29) is 12.1 Å². The van der Waals surface area contributed by atoms with Gasteiger partial charge in [0.05, 0.1) is 11.3 Å². The fourth-order valence-corrected chi connectivity index (χ4v) is 3.29. The van der Waals surface area contributed by atoms with Crippen LogP contribution in [0.5, 0.6) is 0 Å². The van der Waals surface area contributed by atoms with Crippen LogP contribution < -0.4 is 0 Å². The molecule has 3 heteroatoms. The second kappa shape index (κ2) is 5.41. The van der Waals surface area contributed by atoms with Crippen molar-refractivity contribution in [2.45, 2.75) is 31.8 Å². The molecule has 3 nitrogen and oxygen atoms in total. The fraction of sp³-hybridized carbons (Fsp3) is 0.263. The number of fused-ring (bicyclic) bond motifs is 2. The maximum Gasteiger partial charge on any atom is 0.338 e. The van der Waals surface area contributed by atoms with E-state index >= 15 is 0 Å². The number of allylic oxidation sites excluding steroid dienone is 4. The van der Waals surface area contributed by atoms with E-state index in [1.165, 1.54) is 16.9 Å². The molecule has 1 saturated carbocycles. The van der Waals surface area contributed by atoms with E-state index in [9.17, 15) is 4.79 Å². The summed E-state index contributed by atoms with van der Waals surface area (Å²) >= 11 is 0. The Hall–Kier alpha value is -2.42. The summed E-state index contributed by atoms with van der Waals surface area (Å²) in [6.07, 6.45) is 9.72. The monoisotopic (exact) mass is 291 g/mol. The molecule has 1 fully saturated rings. The van der Waals surface area contributed by atoms with E-state index in [2.05, 4.69) is 18.2 Å². The highest BCUT2D eigenvalue weighted by molar-refractivity contribution is 6.06. The van der Waals surface area contributed by atoms with Crippen molar-refractivity contribution in [3.05, 3.63) is 71.0 Å². The third-order valence-corrected chi connectivity index (χ3v) is 4.41. The quantitative estimate of drug-likeness (QED) is 0.773. The number of ether oxygens (including phenoxy) is 1. The molecular formula is C19H17NO2. The van der Waals surface area contributed by atoms with Crippen LogP contribution in [0.15, 0.2) is 70.4 Å². The molecule has 1 aliphatic heterocycles. The van der Waals surface area contributed by atoms with Gasteiger partial charge in [-0.1, -0.05) is 30.4 Å². The summed E-state index contributed by atoms with van der Waals surface area (Å²) in [5, 5.41) is 0. The Morgan fingerprint density at radius 3 is 2.91 bits per heavy atom. The molecule has 0 aromatic heterocycles. The van der Waals surface area contributed by atoms with Gasteiger partial charge in [0.15, 0.2) is 0 Å². The minimum atomic E-state index is -0.228. The molecule has 4 rings (SSSR count). The lowest BCUT2D eigenvalue weighted by Crippen LogP contribution is -2.26. The van der Waals surface area contributed by atoms with Gasteiger partial charge < -0.3 is 4.74 Å². The molecule has 22 heavy (non-hydrogen) atoms. The Balaban J connectivity index is 1.50. The number of benzene rings is 1. The lowest BCUT2D eigenvalue weighted by atomic mass is 9.87. The summed E-state index contributed by atoms with van der Waals surface area (Å²) < 4.78 is 5.70. The molecule has 110 valence electrons. The zero-order chi connectivity index (χ0) is 14.9. The minimum Gasteiger partial charge on any atom is -0.458 e. The molecule has 0 radical (unpaired) electrons. The third-order valence-electron chi connectivity index (χ3n) is 4.41. The topological polar surface area (TPSA) is 38.7 Å². The summed E-state index contributed by atoms with van der Waals surface area (Å²) in [4.78, 5) is 16.9. The first-order chi connectivity index (χ1) is 10.8. The van der Waals surface area contributed by atoms with Crippen LogP contribution in [0.1, 0.15) is 36.0 Å². The van der Waals surface area contributed by atoms with E-state index in [0.717, 1.165) is 31.4 Å². The summed E-state index contributed by atoms with van der Waals surface area (Å²) in [6.45, 7) is 0. The van der Waals surface area contributed by atoms with Crippen LogP contribution in [0.3, 0.4) is 0 Å². The molecule has 0 N–H and O–H groups in total. The molecule has 0 saturated heterocycles. The molecule has 0 amide bonds. The van der Waals surface area contributed by atoms with Gasteiger partial charge in [-0.15, -0.1) is 0 Å². The van der Waals surface area contributed by atoms with Crippen molar-refractivity contribution in [3.63, 3.8) is 0 Å². The predicted octanol–water partition coefficient (Wildman–Crippen LogP) is 3.99. The summed E-state index contributed by atoms with van der Waals surface area (Å²) in [5.41, 5.74) is 5.53. The standard InChI is InChI=1S/C19H17NO2/c21-19(13-6-2-1-3-7-13)22-14-10-11-18-16(12-14)15-8-4-5-9-17(15)20-18/h1-7,9,14H,8,10-12H2. The summed E-state index contributed by atoms with van der Waals surface area (Å²) in [5.74, 6) is -0.228. The Bertz CT molecular complexity index is 738. The SMILES string of the molecule is O=C(OC1CCC2=NC3=CC=CCC3=C2C1)c1ccccc1. The predicted molar refractivity (Wildman–Crippen MR) is 85.8 cm³/mol. The molecule has 1 atom stereocenters. The molecule has 1 heterocycles. The van der Waals surface area contributed by atoms with E-state index in [4.69, 9.17) is 9.73 Å². The van der Waals surface area contributed by atoms with Crippen molar-refractivity contribution in [2.24, 2.45) is 4.99 Å². The fourth-order valence-electron chi connectivity index (χ4n) is 3.29.